The van der Waals surface area contributed by atoms with Crippen molar-refractivity contribution in [1.29, 1.82) is 0 Å². The summed E-state index contributed by atoms with van der Waals surface area (Å²) in [5.41, 5.74) is 13.6. The molecule has 0 spiro atoms. The van der Waals surface area contributed by atoms with Gasteiger partial charge in [-0.3, -0.25) is 4.79 Å². The van der Waals surface area contributed by atoms with Crippen LogP contribution in [0.2, 0.25) is 0 Å². The molecule has 2 nitrogen and oxygen atoms in total. The molecule has 0 fully saturated rings. The monoisotopic (exact) mass is 285 g/mol. The van der Waals surface area contributed by atoms with Crippen molar-refractivity contribution >= 4 is 5.91 Å². The first-order valence-corrected chi connectivity index (χ1v) is 7.34. The Morgan fingerprint density at radius 2 is 1.45 bits per heavy atom. The molecule has 1 aliphatic carbocycles. The van der Waals surface area contributed by atoms with Gasteiger partial charge in [0, 0.05) is 5.56 Å². The Balaban J connectivity index is 1.84. The Labute approximate surface area is 129 Å². The van der Waals surface area contributed by atoms with Gasteiger partial charge in [0.25, 0.3) is 0 Å². The molecule has 2 N–H and O–H groups in total. The molecule has 1 aliphatic rings. The highest BCUT2D eigenvalue weighted by atomic mass is 16.1. The summed E-state index contributed by atoms with van der Waals surface area (Å²) < 4.78 is 0. The molecular weight excluding hydrogens is 270 g/mol. The number of nitrogens with two attached hydrogens (primary N) is 1. The molecule has 0 radical (unpaired) electrons. The minimum absolute atomic E-state index is 0.391. The average Bonchev–Trinajstić information content (AvgIpc) is 2.93. The van der Waals surface area contributed by atoms with Gasteiger partial charge in [0.05, 0.1) is 0 Å². The molecule has 106 valence electrons. The summed E-state index contributed by atoms with van der Waals surface area (Å²) in [6.07, 6.45) is 0.958. The van der Waals surface area contributed by atoms with E-state index >= 15 is 0 Å². The summed E-state index contributed by atoms with van der Waals surface area (Å²) in [4.78, 5) is 11.2. The van der Waals surface area contributed by atoms with Crippen molar-refractivity contribution < 1.29 is 4.79 Å². The highest BCUT2D eigenvalue weighted by molar-refractivity contribution is 5.93. The van der Waals surface area contributed by atoms with Crippen LogP contribution in [0.25, 0.3) is 22.3 Å². The van der Waals surface area contributed by atoms with Gasteiger partial charge in [0.1, 0.15) is 0 Å². The standard InChI is InChI=1S/C20H15NO/c21-20(22)14-10-8-13(9-11-14)16-6-3-7-18-17-5-2-1-4-15(17)12-19(16)18/h1-11H,12H2,(H2,21,22). The smallest absolute Gasteiger partial charge is 0.248 e. The molecule has 0 aliphatic heterocycles. The van der Waals surface area contributed by atoms with E-state index in [1.807, 2.05) is 12.1 Å². The number of amides is 1. The van der Waals surface area contributed by atoms with Crippen LogP contribution >= 0.6 is 0 Å². The molecule has 0 saturated carbocycles. The van der Waals surface area contributed by atoms with Crippen LogP contribution in [-0.2, 0) is 6.42 Å². The highest BCUT2D eigenvalue weighted by Crippen LogP contribution is 2.41. The third-order valence-corrected chi connectivity index (χ3v) is 4.33. The zero-order valence-electron chi connectivity index (χ0n) is 12.0. The zero-order valence-corrected chi connectivity index (χ0v) is 12.0. The predicted molar refractivity (Wildman–Crippen MR) is 88.6 cm³/mol. The quantitative estimate of drug-likeness (QED) is 0.594. The van der Waals surface area contributed by atoms with E-state index in [-0.39, 0.29) is 0 Å². The second kappa shape index (κ2) is 4.85. The van der Waals surface area contributed by atoms with Crippen LogP contribution < -0.4 is 5.73 Å². The van der Waals surface area contributed by atoms with Crippen molar-refractivity contribution in [3.8, 4) is 22.3 Å². The molecule has 22 heavy (non-hydrogen) atoms. The van der Waals surface area contributed by atoms with Crippen LogP contribution in [0, 0.1) is 0 Å². The van der Waals surface area contributed by atoms with Gasteiger partial charge in [-0.1, -0.05) is 54.6 Å². The zero-order chi connectivity index (χ0) is 15.1. The van der Waals surface area contributed by atoms with E-state index in [4.69, 9.17) is 5.73 Å². The highest BCUT2D eigenvalue weighted by Gasteiger charge is 2.20. The number of hydrogen-bond donors (Lipinski definition) is 1. The van der Waals surface area contributed by atoms with Crippen molar-refractivity contribution in [2.75, 3.05) is 0 Å². The van der Waals surface area contributed by atoms with Gasteiger partial charge in [-0.2, -0.15) is 0 Å². The molecule has 0 saturated heterocycles. The number of rotatable bonds is 2. The molecule has 3 aromatic rings. The maximum absolute atomic E-state index is 11.2. The summed E-state index contributed by atoms with van der Waals surface area (Å²) >= 11 is 0. The van der Waals surface area contributed by atoms with Gasteiger partial charge in [0.15, 0.2) is 0 Å². The molecular formula is C20H15NO. The maximum Gasteiger partial charge on any atom is 0.248 e. The lowest BCUT2D eigenvalue weighted by atomic mass is 9.95. The Hall–Kier alpha value is -2.87. The van der Waals surface area contributed by atoms with Crippen molar-refractivity contribution in [3.63, 3.8) is 0 Å². The average molecular weight is 285 g/mol. The van der Waals surface area contributed by atoms with Crippen LogP contribution in [0.15, 0.2) is 66.7 Å². The SMILES string of the molecule is NC(=O)c1ccc(-c2cccc3c2Cc2ccccc2-3)cc1. The molecule has 0 aromatic heterocycles. The van der Waals surface area contributed by atoms with Gasteiger partial charge < -0.3 is 5.73 Å². The van der Waals surface area contributed by atoms with Gasteiger partial charge >= 0.3 is 0 Å². The maximum atomic E-state index is 11.2. The normalized spacial score (nSPS) is 11.8. The fraction of sp³-hybridized carbons (Fsp3) is 0.0500. The first-order valence-electron chi connectivity index (χ1n) is 7.34. The fourth-order valence-corrected chi connectivity index (χ4v) is 3.24. The third kappa shape index (κ3) is 1.92. The molecule has 3 aromatic carbocycles. The first-order chi connectivity index (χ1) is 10.7. The summed E-state index contributed by atoms with van der Waals surface area (Å²) in [5.74, 6) is -0.391. The Morgan fingerprint density at radius 3 is 2.23 bits per heavy atom. The topological polar surface area (TPSA) is 43.1 Å². The first kappa shape index (κ1) is 12.8. The minimum Gasteiger partial charge on any atom is -0.366 e. The molecule has 0 heterocycles. The van der Waals surface area contributed by atoms with Gasteiger partial charge in [-0.25, -0.2) is 0 Å². The minimum atomic E-state index is -0.391. The molecule has 1 amide bonds. The van der Waals surface area contributed by atoms with Crippen molar-refractivity contribution in [3.05, 3.63) is 83.4 Å². The van der Waals surface area contributed by atoms with Gasteiger partial charge in [-0.15, -0.1) is 0 Å². The lowest BCUT2D eigenvalue weighted by molar-refractivity contribution is 0.100. The van der Waals surface area contributed by atoms with Crippen molar-refractivity contribution in [1.82, 2.24) is 0 Å². The Morgan fingerprint density at radius 1 is 0.773 bits per heavy atom. The summed E-state index contributed by atoms with van der Waals surface area (Å²) in [6, 6.07) is 22.5. The fourth-order valence-electron chi connectivity index (χ4n) is 3.24. The molecule has 0 unspecified atom stereocenters. The van der Waals surface area contributed by atoms with E-state index in [1.165, 1.54) is 27.8 Å². The van der Waals surface area contributed by atoms with Gasteiger partial charge in [0.2, 0.25) is 5.91 Å². The third-order valence-electron chi connectivity index (χ3n) is 4.33. The number of hydrogen-bond acceptors (Lipinski definition) is 1. The van der Waals surface area contributed by atoms with Crippen LogP contribution in [0.4, 0.5) is 0 Å². The van der Waals surface area contributed by atoms with Crippen LogP contribution in [0.5, 0.6) is 0 Å². The van der Waals surface area contributed by atoms with E-state index in [9.17, 15) is 4.79 Å². The van der Waals surface area contributed by atoms with E-state index in [0.29, 0.717) is 5.56 Å². The number of primary amides is 1. The van der Waals surface area contributed by atoms with E-state index in [0.717, 1.165) is 12.0 Å². The largest absolute Gasteiger partial charge is 0.366 e. The number of benzene rings is 3. The second-order valence-electron chi connectivity index (χ2n) is 5.61. The number of carbonyl (C=O) groups is 1. The summed E-state index contributed by atoms with van der Waals surface area (Å²) in [5, 5.41) is 0. The Kier molecular flexibility index (Phi) is 2.83. The van der Waals surface area contributed by atoms with Crippen LogP contribution in [-0.4, -0.2) is 5.91 Å². The second-order valence-corrected chi connectivity index (χ2v) is 5.61. The summed E-state index contributed by atoms with van der Waals surface area (Å²) in [6.45, 7) is 0. The van der Waals surface area contributed by atoms with E-state index < -0.39 is 5.91 Å². The number of fused-ring (bicyclic) bond motifs is 3. The molecule has 0 atom stereocenters. The molecule has 4 rings (SSSR count). The predicted octanol–water partition coefficient (Wildman–Crippen LogP) is 4.02. The van der Waals surface area contributed by atoms with Gasteiger partial charge in [-0.05, 0) is 51.9 Å². The van der Waals surface area contributed by atoms with Crippen molar-refractivity contribution in [2.45, 2.75) is 6.42 Å². The Bertz CT molecular complexity index is 878. The lowest BCUT2D eigenvalue weighted by Crippen LogP contribution is -2.10. The summed E-state index contributed by atoms with van der Waals surface area (Å²) in [7, 11) is 0. The molecule has 2 heteroatoms. The van der Waals surface area contributed by atoms with Crippen molar-refractivity contribution in [2.24, 2.45) is 5.73 Å². The number of carbonyl (C=O) groups excluding carboxylic acids is 1. The van der Waals surface area contributed by atoms with Crippen LogP contribution in [0.1, 0.15) is 21.5 Å². The van der Waals surface area contributed by atoms with E-state index in [2.05, 4.69) is 42.5 Å². The lowest BCUT2D eigenvalue weighted by Gasteiger charge is -2.09. The van der Waals surface area contributed by atoms with E-state index in [1.54, 1.807) is 12.1 Å². The van der Waals surface area contributed by atoms with Crippen LogP contribution in [0.3, 0.4) is 0 Å². The molecule has 0 bridgehead atoms.